The van der Waals surface area contributed by atoms with E-state index in [0.717, 1.165) is 4.90 Å². The number of halogens is 2. The predicted molar refractivity (Wildman–Crippen MR) is 97.8 cm³/mol. The number of benzene rings is 2. The first-order chi connectivity index (χ1) is 12.9. The number of carbonyl (C=O) groups excluding carboxylic acids is 3. The van der Waals surface area contributed by atoms with E-state index in [9.17, 15) is 18.8 Å². The van der Waals surface area contributed by atoms with E-state index in [4.69, 9.17) is 16.3 Å². The van der Waals surface area contributed by atoms with Gasteiger partial charge in [0.25, 0.3) is 11.8 Å². The lowest BCUT2D eigenvalue weighted by Crippen LogP contribution is -2.32. The third kappa shape index (κ3) is 3.54. The molecule has 1 N–H and O–H groups in total. The highest BCUT2D eigenvalue weighted by Gasteiger charge is 2.39. The van der Waals surface area contributed by atoms with Crippen molar-refractivity contribution >= 4 is 40.8 Å². The van der Waals surface area contributed by atoms with E-state index in [2.05, 4.69) is 5.32 Å². The van der Waals surface area contributed by atoms with Crippen LogP contribution in [0.4, 0.5) is 15.8 Å². The van der Waals surface area contributed by atoms with E-state index in [-0.39, 0.29) is 34.3 Å². The average Bonchev–Trinajstić information content (AvgIpc) is 2.87. The van der Waals surface area contributed by atoms with Crippen molar-refractivity contribution in [3.63, 3.8) is 0 Å². The third-order valence-corrected chi connectivity index (χ3v) is 4.13. The second kappa shape index (κ2) is 7.59. The van der Waals surface area contributed by atoms with Gasteiger partial charge < -0.3 is 10.1 Å². The Morgan fingerprint density at radius 3 is 2.59 bits per heavy atom. The number of para-hydroxylation sites is 1. The first-order valence-corrected chi connectivity index (χ1v) is 8.39. The molecule has 0 radical (unpaired) electrons. The number of anilines is 2. The van der Waals surface area contributed by atoms with Gasteiger partial charge in [-0.15, -0.1) is 0 Å². The van der Waals surface area contributed by atoms with E-state index in [0.29, 0.717) is 0 Å². The van der Waals surface area contributed by atoms with Gasteiger partial charge in [0.15, 0.2) is 0 Å². The molecule has 0 bridgehead atoms. The van der Waals surface area contributed by atoms with Crippen LogP contribution < -0.4 is 10.2 Å². The summed E-state index contributed by atoms with van der Waals surface area (Å²) in [5.74, 6) is -2.71. The van der Waals surface area contributed by atoms with Gasteiger partial charge in [-0.3, -0.25) is 9.59 Å². The van der Waals surface area contributed by atoms with Crippen LogP contribution >= 0.6 is 11.6 Å². The van der Waals surface area contributed by atoms with E-state index >= 15 is 0 Å². The molecule has 8 heteroatoms. The van der Waals surface area contributed by atoms with Crippen LogP contribution in [0.15, 0.2) is 59.3 Å². The minimum absolute atomic E-state index is 0.00826. The van der Waals surface area contributed by atoms with Crippen LogP contribution in [0, 0.1) is 5.82 Å². The minimum Gasteiger partial charge on any atom is -0.462 e. The van der Waals surface area contributed by atoms with Crippen molar-refractivity contribution in [2.45, 2.75) is 6.92 Å². The predicted octanol–water partition coefficient (Wildman–Crippen LogP) is 3.44. The van der Waals surface area contributed by atoms with Crippen LogP contribution in [0.1, 0.15) is 17.3 Å². The standard InChI is InChI=1S/C19H14ClFN2O4/c1-2-27-19(26)11-6-5-7-12(10-11)23-17(24)15(20)16(18(23)25)22-14-9-4-3-8-13(14)21/h3-10,22H,2H2,1H3. The molecule has 3 rings (SSSR count). The first-order valence-electron chi connectivity index (χ1n) is 8.01. The molecule has 0 saturated carbocycles. The number of nitrogens with zero attached hydrogens (tertiary/aromatic N) is 1. The van der Waals surface area contributed by atoms with Gasteiger partial charge in [-0.25, -0.2) is 14.1 Å². The number of esters is 1. The highest BCUT2D eigenvalue weighted by Crippen LogP contribution is 2.31. The molecule has 6 nitrogen and oxygen atoms in total. The van der Waals surface area contributed by atoms with Crippen molar-refractivity contribution in [3.8, 4) is 0 Å². The van der Waals surface area contributed by atoms with Gasteiger partial charge in [-0.1, -0.05) is 29.8 Å². The highest BCUT2D eigenvalue weighted by atomic mass is 35.5. The van der Waals surface area contributed by atoms with Gasteiger partial charge in [0.2, 0.25) is 0 Å². The van der Waals surface area contributed by atoms with Crippen molar-refractivity contribution in [2.75, 3.05) is 16.8 Å². The van der Waals surface area contributed by atoms with E-state index in [1.807, 2.05) is 0 Å². The third-order valence-electron chi connectivity index (χ3n) is 3.78. The average molecular weight is 389 g/mol. The molecule has 0 aliphatic carbocycles. The Kier molecular flexibility index (Phi) is 5.23. The van der Waals surface area contributed by atoms with Crippen LogP contribution in [-0.2, 0) is 14.3 Å². The topological polar surface area (TPSA) is 75.7 Å². The SMILES string of the molecule is CCOC(=O)c1cccc(N2C(=O)C(Cl)=C(Nc3ccccc3F)C2=O)c1. The van der Waals surface area contributed by atoms with Crippen LogP contribution in [0.25, 0.3) is 0 Å². The maximum Gasteiger partial charge on any atom is 0.338 e. The maximum absolute atomic E-state index is 13.8. The summed E-state index contributed by atoms with van der Waals surface area (Å²) >= 11 is 6.01. The lowest BCUT2D eigenvalue weighted by Gasteiger charge is -2.16. The number of nitrogens with one attached hydrogen (secondary N) is 1. The lowest BCUT2D eigenvalue weighted by molar-refractivity contribution is -0.120. The van der Waals surface area contributed by atoms with E-state index in [1.165, 1.54) is 42.5 Å². The summed E-state index contributed by atoms with van der Waals surface area (Å²) in [7, 11) is 0. The van der Waals surface area contributed by atoms with Crippen molar-refractivity contribution in [2.24, 2.45) is 0 Å². The fourth-order valence-corrected chi connectivity index (χ4v) is 2.74. The van der Waals surface area contributed by atoms with Crippen LogP contribution in [0.5, 0.6) is 0 Å². The summed E-state index contributed by atoms with van der Waals surface area (Å²) in [5.41, 5.74) is 0.0999. The molecule has 1 heterocycles. The molecule has 2 aromatic rings. The van der Waals surface area contributed by atoms with Crippen molar-refractivity contribution in [1.29, 1.82) is 0 Å². The van der Waals surface area contributed by atoms with Crippen LogP contribution in [0.2, 0.25) is 0 Å². The normalized spacial score (nSPS) is 14.0. The first kappa shape index (κ1) is 18.6. The number of imide groups is 1. The molecule has 0 fully saturated rings. The number of hydrogen-bond donors (Lipinski definition) is 1. The molecule has 2 aromatic carbocycles. The summed E-state index contributed by atoms with van der Waals surface area (Å²) in [6, 6.07) is 11.5. The Hall–Kier alpha value is -3.19. The van der Waals surface area contributed by atoms with Gasteiger partial charge in [-0.2, -0.15) is 0 Å². The monoisotopic (exact) mass is 388 g/mol. The molecule has 1 aliphatic heterocycles. The lowest BCUT2D eigenvalue weighted by atomic mass is 10.2. The second-order valence-corrected chi connectivity index (χ2v) is 5.89. The fraction of sp³-hybridized carbons (Fsp3) is 0.105. The summed E-state index contributed by atoms with van der Waals surface area (Å²) in [4.78, 5) is 37.9. The number of carbonyl (C=O) groups is 3. The van der Waals surface area contributed by atoms with Crippen LogP contribution in [-0.4, -0.2) is 24.4 Å². The quantitative estimate of drug-likeness (QED) is 0.627. The Labute approximate surface area is 159 Å². The van der Waals surface area contributed by atoms with E-state index < -0.39 is 23.6 Å². The minimum atomic E-state index is -0.776. The summed E-state index contributed by atoms with van der Waals surface area (Å²) < 4.78 is 18.8. The van der Waals surface area contributed by atoms with Gasteiger partial charge in [0.1, 0.15) is 16.5 Å². The molecular weight excluding hydrogens is 375 g/mol. The molecule has 1 aliphatic rings. The summed E-state index contributed by atoms with van der Waals surface area (Å²) in [5, 5.41) is 2.19. The Balaban J connectivity index is 1.91. The Morgan fingerprint density at radius 2 is 1.89 bits per heavy atom. The molecular formula is C19H14ClFN2O4. The second-order valence-electron chi connectivity index (χ2n) is 5.51. The Morgan fingerprint density at radius 1 is 1.15 bits per heavy atom. The summed E-state index contributed by atoms with van der Waals surface area (Å²) in [6.07, 6.45) is 0. The zero-order valence-electron chi connectivity index (χ0n) is 14.2. The van der Waals surface area contributed by atoms with Crippen molar-refractivity contribution < 1.29 is 23.5 Å². The van der Waals surface area contributed by atoms with Crippen LogP contribution in [0.3, 0.4) is 0 Å². The smallest absolute Gasteiger partial charge is 0.338 e. The summed E-state index contributed by atoms with van der Waals surface area (Å²) in [6.45, 7) is 1.86. The van der Waals surface area contributed by atoms with Gasteiger partial charge in [0.05, 0.1) is 23.5 Å². The zero-order chi connectivity index (χ0) is 19.6. The highest BCUT2D eigenvalue weighted by molar-refractivity contribution is 6.53. The Bertz CT molecular complexity index is 974. The molecule has 138 valence electrons. The molecule has 0 saturated heterocycles. The van der Waals surface area contributed by atoms with Crippen molar-refractivity contribution in [3.05, 3.63) is 70.6 Å². The molecule has 0 atom stereocenters. The number of ether oxygens (including phenoxy) is 1. The molecule has 0 aromatic heterocycles. The molecule has 0 spiro atoms. The van der Waals surface area contributed by atoms with Crippen molar-refractivity contribution in [1.82, 2.24) is 0 Å². The zero-order valence-corrected chi connectivity index (χ0v) is 14.9. The molecule has 27 heavy (non-hydrogen) atoms. The number of rotatable bonds is 5. The number of hydrogen-bond acceptors (Lipinski definition) is 5. The van der Waals surface area contributed by atoms with Gasteiger partial charge >= 0.3 is 5.97 Å². The molecule has 2 amide bonds. The maximum atomic E-state index is 13.8. The molecule has 0 unspecified atom stereocenters. The fourth-order valence-electron chi connectivity index (χ4n) is 2.53. The van der Waals surface area contributed by atoms with Gasteiger partial charge in [0, 0.05) is 0 Å². The number of amides is 2. The largest absolute Gasteiger partial charge is 0.462 e. The van der Waals surface area contributed by atoms with Gasteiger partial charge in [-0.05, 0) is 37.3 Å². The van der Waals surface area contributed by atoms with E-state index in [1.54, 1.807) is 13.0 Å².